The SMILES string of the molecule is CCCCCCCCCCCCCCCCC(C(=O)O)C1CCCCO1. The number of ether oxygens (including phenoxy) is 1. The maximum Gasteiger partial charge on any atom is 0.309 e. The van der Waals surface area contributed by atoms with E-state index in [1.807, 2.05) is 0 Å². The van der Waals surface area contributed by atoms with Crippen LogP contribution in [0.3, 0.4) is 0 Å². The van der Waals surface area contributed by atoms with Crippen molar-refractivity contribution in [2.45, 2.75) is 129 Å². The van der Waals surface area contributed by atoms with Gasteiger partial charge in [0, 0.05) is 6.61 Å². The molecule has 0 amide bonds. The van der Waals surface area contributed by atoms with Crippen LogP contribution in [-0.2, 0) is 9.53 Å². The topological polar surface area (TPSA) is 46.5 Å². The van der Waals surface area contributed by atoms with Gasteiger partial charge >= 0.3 is 5.97 Å². The van der Waals surface area contributed by atoms with Crippen molar-refractivity contribution in [2.75, 3.05) is 6.61 Å². The number of rotatable bonds is 17. The lowest BCUT2D eigenvalue weighted by molar-refractivity contribution is -0.149. The zero-order valence-electron chi connectivity index (χ0n) is 17.4. The summed E-state index contributed by atoms with van der Waals surface area (Å²) in [6.07, 6.45) is 22.6. The fraction of sp³-hybridized carbons (Fsp3) is 0.957. The van der Waals surface area contributed by atoms with Gasteiger partial charge in [0.2, 0.25) is 0 Å². The lowest BCUT2D eigenvalue weighted by Gasteiger charge is -2.27. The Morgan fingerprint density at radius 3 is 1.77 bits per heavy atom. The van der Waals surface area contributed by atoms with Gasteiger partial charge in [-0.05, 0) is 25.7 Å². The average molecular weight is 369 g/mol. The molecule has 0 radical (unpaired) electrons. The van der Waals surface area contributed by atoms with Crippen molar-refractivity contribution in [1.82, 2.24) is 0 Å². The molecule has 1 saturated heterocycles. The molecule has 2 atom stereocenters. The van der Waals surface area contributed by atoms with Gasteiger partial charge in [0.25, 0.3) is 0 Å². The van der Waals surface area contributed by atoms with Crippen LogP contribution in [0.4, 0.5) is 0 Å². The zero-order valence-corrected chi connectivity index (χ0v) is 17.4. The van der Waals surface area contributed by atoms with E-state index in [2.05, 4.69) is 6.92 Å². The van der Waals surface area contributed by atoms with E-state index in [-0.39, 0.29) is 12.0 Å². The largest absolute Gasteiger partial charge is 0.481 e. The van der Waals surface area contributed by atoms with E-state index in [0.29, 0.717) is 0 Å². The van der Waals surface area contributed by atoms with Gasteiger partial charge in [-0.3, -0.25) is 4.79 Å². The fourth-order valence-electron chi connectivity index (χ4n) is 4.11. The van der Waals surface area contributed by atoms with Crippen LogP contribution in [0.25, 0.3) is 0 Å². The molecule has 3 nitrogen and oxygen atoms in total. The first-order valence-electron chi connectivity index (χ1n) is 11.6. The van der Waals surface area contributed by atoms with E-state index in [1.165, 1.54) is 83.5 Å². The minimum atomic E-state index is -0.661. The van der Waals surface area contributed by atoms with Gasteiger partial charge < -0.3 is 9.84 Å². The summed E-state index contributed by atoms with van der Waals surface area (Å²) in [5.74, 6) is -0.945. The lowest BCUT2D eigenvalue weighted by atomic mass is 9.90. The van der Waals surface area contributed by atoms with Gasteiger partial charge in [0.05, 0.1) is 12.0 Å². The molecule has 0 spiro atoms. The summed E-state index contributed by atoms with van der Waals surface area (Å²) >= 11 is 0. The molecule has 3 heteroatoms. The summed E-state index contributed by atoms with van der Waals surface area (Å²) < 4.78 is 5.69. The minimum absolute atomic E-state index is 0.0387. The van der Waals surface area contributed by atoms with Gasteiger partial charge in [-0.15, -0.1) is 0 Å². The van der Waals surface area contributed by atoms with Crippen molar-refractivity contribution in [1.29, 1.82) is 0 Å². The number of aliphatic carboxylic acids is 1. The van der Waals surface area contributed by atoms with E-state index in [4.69, 9.17) is 4.74 Å². The van der Waals surface area contributed by atoms with E-state index < -0.39 is 5.97 Å². The number of unbranched alkanes of at least 4 members (excludes halogenated alkanes) is 13. The molecule has 1 heterocycles. The molecule has 26 heavy (non-hydrogen) atoms. The van der Waals surface area contributed by atoms with Gasteiger partial charge in [0.1, 0.15) is 0 Å². The molecule has 2 unspecified atom stereocenters. The quantitative estimate of drug-likeness (QED) is 0.278. The summed E-state index contributed by atoms with van der Waals surface area (Å²) in [5.41, 5.74) is 0. The first-order valence-corrected chi connectivity index (χ1v) is 11.6. The molecule has 1 fully saturated rings. The Hall–Kier alpha value is -0.570. The number of carbonyl (C=O) groups is 1. The number of hydrogen-bond acceptors (Lipinski definition) is 2. The molecule has 0 aromatic rings. The Labute approximate surface area is 162 Å². The smallest absolute Gasteiger partial charge is 0.309 e. The molecule has 154 valence electrons. The standard InChI is InChI=1S/C23H44O3/c1-2-3-4-5-6-7-8-9-10-11-12-13-14-15-18-21(23(24)25)22-19-16-17-20-26-22/h21-22H,2-20H2,1H3,(H,24,25). The van der Waals surface area contributed by atoms with Crippen molar-refractivity contribution in [2.24, 2.45) is 5.92 Å². The van der Waals surface area contributed by atoms with Crippen molar-refractivity contribution in [3.8, 4) is 0 Å². The molecule has 1 aliphatic heterocycles. The monoisotopic (exact) mass is 368 g/mol. The van der Waals surface area contributed by atoms with Crippen molar-refractivity contribution in [3.63, 3.8) is 0 Å². The predicted molar refractivity (Wildman–Crippen MR) is 110 cm³/mol. The molecular weight excluding hydrogens is 324 g/mol. The third kappa shape index (κ3) is 11.9. The van der Waals surface area contributed by atoms with Crippen LogP contribution in [0.15, 0.2) is 0 Å². The Bertz CT molecular complexity index is 323. The van der Waals surface area contributed by atoms with E-state index in [9.17, 15) is 9.90 Å². The summed E-state index contributed by atoms with van der Waals surface area (Å²) in [6, 6.07) is 0. The lowest BCUT2D eigenvalue weighted by Crippen LogP contribution is -2.33. The Morgan fingerprint density at radius 1 is 0.846 bits per heavy atom. The van der Waals surface area contributed by atoms with E-state index >= 15 is 0 Å². The zero-order chi connectivity index (χ0) is 18.9. The minimum Gasteiger partial charge on any atom is -0.481 e. The first kappa shape index (κ1) is 23.5. The summed E-state index contributed by atoms with van der Waals surface area (Å²) in [4.78, 5) is 11.5. The van der Waals surface area contributed by atoms with E-state index in [1.54, 1.807) is 0 Å². The van der Waals surface area contributed by atoms with Gasteiger partial charge in [-0.2, -0.15) is 0 Å². The molecule has 1 N–H and O–H groups in total. The Kier molecular flexibility index (Phi) is 15.0. The number of carboxylic acids is 1. The van der Waals surface area contributed by atoms with E-state index in [0.717, 1.165) is 38.7 Å². The van der Waals surface area contributed by atoms with Crippen LogP contribution >= 0.6 is 0 Å². The summed E-state index contributed by atoms with van der Waals surface area (Å²) in [5, 5.41) is 9.45. The highest BCUT2D eigenvalue weighted by molar-refractivity contribution is 5.70. The molecule has 0 aromatic heterocycles. The molecule has 0 aromatic carbocycles. The summed E-state index contributed by atoms with van der Waals surface area (Å²) in [7, 11) is 0. The highest BCUT2D eigenvalue weighted by atomic mass is 16.5. The molecule has 1 aliphatic rings. The maximum absolute atomic E-state index is 11.5. The normalized spacial score (nSPS) is 18.7. The molecule has 0 bridgehead atoms. The Morgan fingerprint density at radius 2 is 1.35 bits per heavy atom. The van der Waals surface area contributed by atoms with Crippen LogP contribution in [0.2, 0.25) is 0 Å². The molecule has 0 aliphatic carbocycles. The number of hydrogen-bond donors (Lipinski definition) is 1. The van der Waals surface area contributed by atoms with Gasteiger partial charge in [-0.25, -0.2) is 0 Å². The first-order chi connectivity index (χ1) is 12.8. The van der Waals surface area contributed by atoms with Gasteiger partial charge in [-0.1, -0.05) is 96.8 Å². The second kappa shape index (κ2) is 16.6. The highest BCUT2D eigenvalue weighted by Gasteiger charge is 2.29. The second-order valence-electron chi connectivity index (χ2n) is 8.23. The summed E-state index contributed by atoms with van der Waals surface area (Å²) in [6.45, 7) is 3.02. The van der Waals surface area contributed by atoms with Crippen LogP contribution in [-0.4, -0.2) is 23.8 Å². The molecule has 1 rings (SSSR count). The van der Waals surface area contributed by atoms with Crippen molar-refractivity contribution >= 4 is 5.97 Å². The van der Waals surface area contributed by atoms with Crippen LogP contribution < -0.4 is 0 Å². The molecular formula is C23H44O3. The van der Waals surface area contributed by atoms with Crippen LogP contribution in [0.5, 0.6) is 0 Å². The van der Waals surface area contributed by atoms with Crippen molar-refractivity contribution < 1.29 is 14.6 Å². The average Bonchev–Trinajstić information content (AvgIpc) is 2.65. The van der Waals surface area contributed by atoms with Gasteiger partial charge in [0.15, 0.2) is 0 Å². The maximum atomic E-state index is 11.5. The fourth-order valence-corrected chi connectivity index (χ4v) is 4.11. The second-order valence-corrected chi connectivity index (χ2v) is 8.23. The van der Waals surface area contributed by atoms with Crippen LogP contribution in [0.1, 0.15) is 122 Å². The third-order valence-corrected chi connectivity index (χ3v) is 5.85. The third-order valence-electron chi connectivity index (χ3n) is 5.85. The van der Waals surface area contributed by atoms with Crippen LogP contribution in [0, 0.1) is 5.92 Å². The number of carboxylic acid groups (broad SMARTS) is 1. The van der Waals surface area contributed by atoms with Crippen molar-refractivity contribution in [3.05, 3.63) is 0 Å². The predicted octanol–water partition coefficient (Wildman–Crippen LogP) is 7.13. The molecule has 0 saturated carbocycles. The highest BCUT2D eigenvalue weighted by Crippen LogP contribution is 2.25. The Balaban J connectivity index is 1.88.